The quantitative estimate of drug-likeness (QED) is 0.273. The van der Waals surface area contributed by atoms with Crippen LogP contribution in [0.4, 0.5) is 0 Å². The van der Waals surface area contributed by atoms with E-state index in [1.165, 1.54) is 40.6 Å². The predicted molar refractivity (Wildman–Crippen MR) is 193 cm³/mol. The van der Waals surface area contributed by atoms with Gasteiger partial charge in [-0.3, -0.25) is 4.79 Å². The fraction of sp³-hybridized carbons (Fsp3) is 0.595. The molecule has 1 amide bonds. The molecule has 0 aliphatic heterocycles. The molecule has 1 aromatic heterocycles. The fourth-order valence-electron chi connectivity index (χ4n) is 12.8. The number of para-hydroxylation sites is 1. The maximum atomic E-state index is 14.5. The highest BCUT2D eigenvalue weighted by Gasteiger charge is 2.69. The number of aromatic nitrogens is 1. The molecule has 6 heteroatoms. The van der Waals surface area contributed by atoms with E-state index < -0.39 is 15.4 Å². The fourth-order valence-corrected chi connectivity index (χ4v) is 13.9. The van der Waals surface area contributed by atoms with Crippen molar-refractivity contribution in [2.75, 3.05) is 0 Å². The lowest BCUT2D eigenvalue weighted by atomic mass is 9.33. The molecular formula is C42H54N2O3S. The topological polar surface area (TPSA) is 79.0 Å². The van der Waals surface area contributed by atoms with Gasteiger partial charge in [0.25, 0.3) is 10.0 Å². The number of rotatable bonds is 3. The van der Waals surface area contributed by atoms with Gasteiger partial charge in [-0.05, 0) is 121 Å². The third kappa shape index (κ3) is 4.19. The maximum absolute atomic E-state index is 14.5. The first-order chi connectivity index (χ1) is 22.5. The average molecular weight is 667 g/mol. The van der Waals surface area contributed by atoms with Gasteiger partial charge in [-0.15, -0.1) is 0 Å². The minimum atomic E-state index is -3.96. The van der Waals surface area contributed by atoms with Gasteiger partial charge in [0, 0.05) is 22.0 Å². The highest BCUT2D eigenvalue weighted by atomic mass is 32.2. The van der Waals surface area contributed by atoms with E-state index in [4.69, 9.17) is 0 Å². The normalized spacial score (nSPS) is 38.0. The third-order valence-corrected chi connectivity index (χ3v) is 16.9. The summed E-state index contributed by atoms with van der Waals surface area (Å²) in [5.74, 6) is 0.846. The Hall–Kier alpha value is -2.86. The molecule has 3 aromatic rings. The van der Waals surface area contributed by atoms with Crippen LogP contribution in [0.5, 0.6) is 0 Å². The Morgan fingerprint density at radius 1 is 0.833 bits per heavy atom. The Balaban J connectivity index is 1.20. The van der Waals surface area contributed by atoms with Crippen LogP contribution in [-0.4, -0.2) is 19.3 Å². The second-order valence-corrected chi connectivity index (χ2v) is 20.2. The SMILES string of the molecule is CC1(C)CC[C@]2(C(=O)NS(=O)(=O)c3ccccc3)CC[C@]3(C)C(=CC[C@@H]4[C@@]5(C)Cc6c([nH]c7ccccc67)C(C)(C)[C@@H]5CC[C@]43C)[C@@H]2C1. The van der Waals surface area contributed by atoms with Gasteiger partial charge in [-0.1, -0.05) is 96.5 Å². The molecule has 2 N–H and O–H groups in total. The number of carbonyl (C=O) groups is 1. The van der Waals surface area contributed by atoms with Gasteiger partial charge >= 0.3 is 0 Å². The number of amides is 1. The summed E-state index contributed by atoms with van der Waals surface area (Å²) in [6, 6.07) is 17.2. The van der Waals surface area contributed by atoms with Crippen molar-refractivity contribution in [3.05, 3.63) is 77.5 Å². The molecule has 0 unspecified atom stereocenters. The Labute approximate surface area is 287 Å². The van der Waals surface area contributed by atoms with Gasteiger partial charge in [-0.25, -0.2) is 13.1 Å². The first kappa shape index (κ1) is 32.4. The molecule has 3 fully saturated rings. The monoisotopic (exact) mass is 666 g/mol. The zero-order valence-electron chi connectivity index (χ0n) is 30.0. The van der Waals surface area contributed by atoms with Crippen molar-refractivity contribution in [3.8, 4) is 0 Å². The summed E-state index contributed by atoms with van der Waals surface area (Å²) in [6.45, 7) is 17.4. The van der Waals surface area contributed by atoms with Crippen LogP contribution in [0.3, 0.4) is 0 Å². The minimum Gasteiger partial charge on any atom is -0.358 e. The van der Waals surface area contributed by atoms with Crippen LogP contribution in [0.25, 0.3) is 10.9 Å². The molecule has 256 valence electrons. The molecular weight excluding hydrogens is 613 g/mol. The van der Waals surface area contributed by atoms with E-state index in [0.29, 0.717) is 11.8 Å². The Kier molecular flexibility index (Phi) is 6.81. The van der Waals surface area contributed by atoms with E-state index >= 15 is 0 Å². The maximum Gasteiger partial charge on any atom is 0.264 e. The molecule has 0 saturated heterocycles. The number of carbonyl (C=O) groups excluding carboxylic acids is 1. The lowest BCUT2D eigenvalue weighted by Crippen LogP contribution is -2.65. The molecule has 48 heavy (non-hydrogen) atoms. The lowest BCUT2D eigenvalue weighted by Gasteiger charge is -2.70. The van der Waals surface area contributed by atoms with Crippen LogP contribution in [0, 0.1) is 44.8 Å². The van der Waals surface area contributed by atoms with Crippen molar-refractivity contribution >= 4 is 26.8 Å². The summed E-state index contributed by atoms with van der Waals surface area (Å²) < 4.78 is 29.6. The molecule has 5 nitrogen and oxygen atoms in total. The van der Waals surface area contributed by atoms with Gasteiger partial charge < -0.3 is 4.98 Å². The predicted octanol–water partition coefficient (Wildman–Crippen LogP) is 9.49. The first-order valence-corrected chi connectivity index (χ1v) is 19.9. The smallest absolute Gasteiger partial charge is 0.264 e. The van der Waals surface area contributed by atoms with Crippen molar-refractivity contribution in [1.82, 2.24) is 9.71 Å². The van der Waals surface area contributed by atoms with Gasteiger partial charge in [-0.2, -0.15) is 0 Å². The summed E-state index contributed by atoms with van der Waals surface area (Å²) in [6.07, 6.45) is 11.3. The molecule has 7 atom stereocenters. The van der Waals surface area contributed by atoms with Crippen molar-refractivity contribution < 1.29 is 13.2 Å². The first-order valence-electron chi connectivity index (χ1n) is 18.4. The second kappa shape index (κ2) is 10.1. The van der Waals surface area contributed by atoms with Gasteiger partial charge in [0.1, 0.15) is 0 Å². The Morgan fingerprint density at radius 2 is 1.52 bits per heavy atom. The van der Waals surface area contributed by atoms with Crippen LogP contribution in [0.15, 0.2) is 71.1 Å². The molecule has 8 rings (SSSR count). The highest BCUT2D eigenvalue weighted by Crippen LogP contribution is 2.75. The third-order valence-electron chi connectivity index (χ3n) is 15.5. The second-order valence-electron chi connectivity index (χ2n) is 18.5. The Bertz CT molecular complexity index is 1960. The lowest BCUT2D eigenvalue weighted by molar-refractivity contribution is -0.166. The number of hydrogen-bond donors (Lipinski definition) is 2. The summed E-state index contributed by atoms with van der Waals surface area (Å²) in [7, 11) is -3.96. The van der Waals surface area contributed by atoms with E-state index in [-0.39, 0.29) is 43.8 Å². The van der Waals surface area contributed by atoms with Crippen LogP contribution >= 0.6 is 0 Å². The highest BCUT2D eigenvalue weighted by molar-refractivity contribution is 7.90. The van der Waals surface area contributed by atoms with Crippen molar-refractivity contribution in [2.24, 2.45) is 44.8 Å². The summed E-state index contributed by atoms with van der Waals surface area (Å²) >= 11 is 0. The zero-order chi connectivity index (χ0) is 34.1. The molecule has 3 saturated carbocycles. The largest absolute Gasteiger partial charge is 0.358 e. The van der Waals surface area contributed by atoms with E-state index in [1.807, 2.05) is 0 Å². The van der Waals surface area contributed by atoms with Crippen molar-refractivity contribution in [2.45, 2.75) is 117 Å². The van der Waals surface area contributed by atoms with Crippen LogP contribution in [0.2, 0.25) is 0 Å². The van der Waals surface area contributed by atoms with Crippen LogP contribution in [0.1, 0.15) is 111 Å². The van der Waals surface area contributed by atoms with Crippen molar-refractivity contribution in [3.63, 3.8) is 0 Å². The molecule has 0 radical (unpaired) electrons. The van der Waals surface area contributed by atoms with E-state index in [1.54, 1.807) is 30.3 Å². The number of nitrogens with one attached hydrogen (secondary N) is 2. The van der Waals surface area contributed by atoms with E-state index in [0.717, 1.165) is 44.9 Å². The molecule has 2 aromatic carbocycles. The van der Waals surface area contributed by atoms with Gasteiger partial charge in [0.2, 0.25) is 5.91 Å². The number of hydrogen-bond acceptors (Lipinski definition) is 3. The summed E-state index contributed by atoms with van der Waals surface area (Å²) in [5, 5.41) is 1.38. The van der Waals surface area contributed by atoms with Gasteiger partial charge in [0.15, 0.2) is 0 Å². The molecule has 5 aliphatic carbocycles. The number of allylic oxidation sites excluding steroid dienone is 2. The number of sulfonamides is 1. The van der Waals surface area contributed by atoms with Crippen molar-refractivity contribution in [1.29, 1.82) is 0 Å². The standard InChI is InChI=1S/C42H54N2O3S/c1-37(2)21-23-42(36(45)44-48(46,47)27-13-9-8-10-14-27)24-22-40(6)30(31(42)26-37)17-18-34-39(5)25-29-28-15-11-12-16-32(28)43-35(29)38(3,4)33(39)19-20-41(34,40)7/h8-17,31,33-34,43H,18-26H2,1-7H3,(H,44,45)/t31-,33-,34+,39-,40+,41+,42-/m0/s1. The van der Waals surface area contributed by atoms with Crippen LogP contribution < -0.4 is 4.72 Å². The molecule has 0 spiro atoms. The average Bonchev–Trinajstić information content (AvgIpc) is 3.40. The number of fused-ring (bicyclic) bond motifs is 10. The summed E-state index contributed by atoms with van der Waals surface area (Å²) in [4.78, 5) is 18.5. The minimum absolute atomic E-state index is 0.0392. The summed E-state index contributed by atoms with van der Waals surface area (Å²) in [5.41, 5.74) is 5.28. The number of H-pyrrole nitrogens is 1. The molecule has 1 heterocycles. The molecule has 5 aliphatic rings. The van der Waals surface area contributed by atoms with Crippen LogP contribution in [-0.2, 0) is 26.7 Å². The Morgan fingerprint density at radius 3 is 2.27 bits per heavy atom. The van der Waals surface area contributed by atoms with Gasteiger partial charge in [0.05, 0.1) is 10.3 Å². The zero-order valence-corrected chi connectivity index (χ0v) is 30.8. The van der Waals surface area contributed by atoms with E-state index in [9.17, 15) is 13.2 Å². The van der Waals surface area contributed by atoms with E-state index in [2.05, 4.69) is 88.5 Å². The number of benzene rings is 2. The molecule has 0 bridgehead atoms. The number of aromatic amines is 1.